The number of thioether (sulfide) groups is 1. The van der Waals surface area contributed by atoms with Gasteiger partial charge in [0.05, 0.1) is 18.1 Å². The van der Waals surface area contributed by atoms with Crippen LogP contribution in [0.3, 0.4) is 0 Å². The minimum atomic E-state index is -0.0261. The van der Waals surface area contributed by atoms with Gasteiger partial charge < -0.3 is 9.88 Å². The monoisotopic (exact) mass is 351 g/mol. The highest BCUT2D eigenvalue weighted by Gasteiger charge is 2.10. The van der Waals surface area contributed by atoms with Gasteiger partial charge in [0, 0.05) is 23.0 Å². The molecule has 0 bridgehead atoms. The van der Waals surface area contributed by atoms with Crippen molar-refractivity contribution in [1.82, 2.24) is 14.9 Å². The molecule has 1 amide bonds. The topological polar surface area (TPSA) is 46.9 Å². The number of nitrogens with one attached hydrogen (secondary N) is 1. The average Bonchev–Trinajstić information content (AvgIpc) is 3.16. The molecule has 0 aliphatic carbocycles. The number of hydrogen-bond acceptors (Lipinski definition) is 3. The maximum Gasteiger partial charge on any atom is 0.230 e. The normalized spacial score (nSPS) is 11.9. The van der Waals surface area contributed by atoms with Crippen molar-refractivity contribution < 1.29 is 4.79 Å². The minimum absolute atomic E-state index is 0.0261. The molecular formula is C20H21N3OS. The summed E-state index contributed by atoms with van der Waals surface area (Å²) in [5.41, 5.74) is 3.33. The molecular weight excluding hydrogens is 330 g/mol. The van der Waals surface area contributed by atoms with E-state index in [4.69, 9.17) is 0 Å². The number of rotatable bonds is 6. The molecule has 3 rings (SSSR count). The number of benzene rings is 2. The van der Waals surface area contributed by atoms with Gasteiger partial charge in [-0.25, -0.2) is 4.98 Å². The van der Waals surface area contributed by atoms with Crippen LogP contribution >= 0.6 is 11.8 Å². The molecule has 1 heterocycles. The van der Waals surface area contributed by atoms with E-state index in [2.05, 4.69) is 23.3 Å². The van der Waals surface area contributed by atoms with Gasteiger partial charge in [-0.15, -0.1) is 11.8 Å². The molecule has 1 atom stereocenters. The molecule has 0 aliphatic heterocycles. The molecule has 2 aromatic carbocycles. The van der Waals surface area contributed by atoms with Crippen molar-refractivity contribution in [2.45, 2.75) is 24.8 Å². The molecule has 25 heavy (non-hydrogen) atoms. The molecule has 0 aliphatic rings. The number of nitrogens with zero attached hydrogens (tertiary/aromatic N) is 2. The number of hydrogen-bond donors (Lipinski definition) is 1. The lowest BCUT2D eigenvalue weighted by Crippen LogP contribution is -2.28. The van der Waals surface area contributed by atoms with Gasteiger partial charge in [-0.3, -0.25) is 4.79 Å². The van der Waals surface area contributed by atoms with Crippen molar-refractivity contribution in [2.24, 2.45) is 0 Å². The zero-order chi connectivity index (χ0) is 17.6. The number of imidazole rings is 1. The highest BCUT2D eigenvalue weighted by atomic mass is 32.2. The van der Waals surface area contributed by atoms with Crippen molar-refractivity contribution in [3.8, 4) is 5.69 Å². The zero-order valence-corrected chi connectivity index (χ0v) is 15.2. The predicted molar refractivity (Wildman–Crippen MR) is 102 cm³/mol. The second-order valence-corrected chi connectivity index (χ2v) is 6.92. The van der Waals surface area contributed by atoms with Crippen molar-refractivity contribution in [3.63, 3.8) is 0 Å². The number of carbonyl (C=O) groups excluding carboxylic acids is 1. The van der Waals surface area contributed by atoms with Crippen LogP contribution in [0.5, 0.6) is 0 Å². The third-order valence-corrected chi connectivity index (χ3v) is 5.20. The maximum absolute atomic E-state index is 12.2. The summed E-state index contributed by atoms with van der Waals surface area (Å²) in [5, 5.41) is 3.06. The summed E-state index contributed by atoms with van der Waals surface area (Å²) in [6.45, 7) is 4.06. The number of amides is 1. The molecule has 0 spiro atoms. The third kappa shape index (κ3) is 4.51. The maximum atomic E-state index is 12.2. The van der Waals surface area contributed by atoms with E-state index in [1.54, 1.807) is 24.3 Å². The van der Waals surface area contributed by atoms with Crippen LogP contribution in [0.2, 0.25) is 0 Å². The van der Waals surface area contributed by atoms with Crippen LogP contribution in [0.1, 0.15) is 24.1 Å². The van der Waals surface area contributed by atoms with Gasteiger partial charge in [0.1, 0.15) is 0 Å². The van der Waals surface area contributed by atoms with E-state index in [9.17, 15) is 4.79 Å². The zero-order valence-electron chi connectivity index (χ0n) is 14.3. The van der Waals surface area contributed by atoms with Crippen LogP contribution in [0, 0.1) is 6.92 Å². The first-order valence-electron chi connectivity index (χ1n) is 8.19. The Morgan fingerprint density at radius 3 is 2.64 bits per heavy atom. The van der Waals surface area contributed by atoms with Gasteiger partial charge >= 0.3 is 0 Å². The Bertz CT molecular complexity index is 828. The van der Waals surface area contributed by atoms with Crippen molar-refractivity contribution in [3.05, 3.63) is 78.4 Å². The quantitative estimate of drug-likeness (QED) is 0.679. The summed E-state index contributed by atoms with van der Waals surface area (Å²) < 4.78 is 1.95. The van der Waals surface area contributed by atoms with Crippen molar-refractivity contribution in [2.75, 3.05) is 5.75 Å². The summed E-state index contributed by atoms with van der Waals surface area (Å²) in [6, 6.07) is 16.2. The first kappa shape index (κ1) is 17.3. The van der Waals surface area contributed by atoms with Gasteiger partial charge in [-0.1, -0.05) is 30.3 Å². The lowest BCUT2D eigenvalue weighted by molar-refractivity contribution is -0.119. The Morgan fingerprint density at radius 1 is 1.20 bits per heavy atom. The Labute approximate surface area is 152 Å². The minimum Gasteiger partial charge on any atom is -0.349 e. The van der Waals surface area contributed by atoms with E-state index in [0.717, 1.165) is 16.1 Å². The van der Waals surface area contributed by atoms with Crippen LogP contribution in [-0.4, -0.2) is 21.2 Å². The van der Waals surface area contributed by atoms with E-state index in [1.807, 2.05) is 60.2 Å². The average molecular weight is 351 g/mol. The van der Waals surface area contributed by atoms with E-state index in [-0.39, 0.29) is 11.9 Å². The van der Waals surface area contributed by atoms with Gasteiger partial charge in [-0.2, -0.15) is 0 Å². The van der Waals surface area contributed by atoms with E-state index < -0.39 is 0 Å². The molecule has 1 aromatic heterocycles. The van der Waals surface area contributed by atoms with E-state index >= 15 is 0 Å². The standard InChI is InChI=1S/C20H21N3OS/c1-15-5-3-4-6-19(15)25-13-20(24)22-16(2)17-7-9-18(10-8-17)23-12-11-21-14-23/h3-12,14,16H,13H2,1-2H3,(H,22,24). The van der Waals surface area contributed by atoms with Crippen LogP contribution in [-0.2, 0) is 4.79 Å². The first-order valence-corrected chi connectivity index (χ1v) is 9.18. The summed E-state index contributed by atoms with van der Waals surface area (Å²) >= 11 is 1.57. The highest BCUT2D eigenvalue weighted by molar-refractivity contribution is 8.00. The van der Waals surface area contributed by atoms with Gasteiger partial charge in [-0.05, 0) is 43.2 Å². The van der Waals surface area contributed by atoms with Crippen LogP contribution in [0.15, 0.2) is 72.1 Å². The number of aryl methyl sites for hydroxylation is 1. The molecule has 1 N–H and O–H groups in total. The molecule has 0 saturated heterocycles. The SMILES string of the molecule is Cc1ccccc1SCC(=O)NC(C)c1ccc(-n2ccnc2)cc1. The van der Waals surface area contributed by atoms with E-state index in [1.165, 1.54) is 5.56 Å². The molecule has 0 saturated carbocycles. The Morgan fingerprint density at radius 2 is 1.96 bits per heavy atom. The van der Waals surface area contributed by atoms with Crippen molar-refractivity contribution >= 4 is 17.7 Å². The summed E-state index contributed by atoms with van der Waals surface area (Å²) in [5.74, 6) is 0.460. The molecule has 0 radical (unpaired) electrons. The third-order valence-electron chi connectivity index (χ3n) is 4.03. The Kier molecular flexibility index (Phi) is 5.56. The molecule has 3 aromatic rings. The molecule has 128 valence electrons. The Balaban J connectivity index is 1.55. The van der Waals surface area contributed by atoms with Gasteiger partial charge in [0.2, 0.25) is 5.91 Å². The van der Waals surface area contributed by atoms with Crippen LogP contribution in [0.25, 0.3) is 5.69 Å². The molecule has 1 unspecified atom stereocenters. The highest BCUT2D eigenvalue weighted by Crippen LogP contribution is 2.22. The lowest BCUT2D eigenvalue weighted by Gasteiger charge is -2.15. The summed E-state index contributed by atoms with van der Waals surface area (Å²) in [7, 11) is 0. The van der Waals surface area contributed by atoms with Crippen LogP contribution in [0.4, 0.5) is 0 Å². The number of carbonyl (C=O) groups is 1. The fraction of sp³-hybridized carbons (Fsp3) is 0.200. The lowest BCUT2D eigenvalue weighted by atomic mass is 10.1. The summed E-state index contributed by atoms with van der Waals surface area (Å²) in [4.78, 5) is 17.4. The van der Waals surface area contributed by atoms with Gasteiger partial charge in [0.15, 0.2) is 0 Å². The van der Waals surface area contributed by atoms with Crippen molar-refractivity contribution in [1.29, 1.82) is 0 Å². The van der Waals surface area contributed by atoms with Gasteiger partial charge in [0.25, 0.3) is 0 Å². The van der Waals surface area contributed by atoms with E-state index in [0.29, 0.717) is 5.75 Å². The number of aromatic nitrogens is 2. The second-order valence-electron chi connectivity index (χ2n) is 5.90. The first-order chi connectivity index (χ1) is 12.1. The molecule has 4 nitrogen and oxygen atoms in total. The largest absolute Gasteiger partial charge is 0.349 e. The Hall–Kier alpha value is -2.53. The van der Waals surface area contributed by atoms with Crippen LogP contribution < -0.4 is 5.32 Å². The smallest absolute Gasteiger partial charge is 0.230 e. The fourth-order valence-electron chi connectivity index (χ4n) is 2.58. The molecule has 5 heteroatoms. The predicted octanol–water partition coefficient (Wildman–Crippen LogP) is 4.15. The summed E-state index contributed by atoms with van der Waals surface area (Å²) in [6.07, 6.45) is 5.43. The molecule has 0 fully saturated rings. The fourth-order valence-corrected chi connectivity index (χ4v) is 3.42. The second kappa shape index (κ2) is 8.03.